The highest BCUT2D eigenvalue weighted by molar-refractivity contribution is 6.00. The minimum absolute atomic E-state index is 0.0353. The number of aliphatic carboxylic acids is 1. The summed E-state index contributed by atoms with van der Waals surface area (Å²) in [6, 6.07) is 4.54. The van der Waals surface area contributed by atoms with E-state index >= 15 is 0 Å². The molecule has 2 aliphatic heterocycles. The van der Waals surface area contributed by atoms with Gasteiger partial charge >= 0.3 is 5.97 Å². The second-order valence-corrected chi connectivity index (χ2v) is 12.7. The van der Waals surface area contributed by atoms with Crippen LogP contribution in [0.3, 0.4) is 0 Å². The van der Waals surface area contributed by atoms with Gasteiger partial charge in [-0.05, 0) is 69.7 Å². The summed E-state index contributed by atoms with van der Waals surface area (Å²) in [6.07, 6.45) is 3.57. The average Bonchev–Trinajstić information content (AvgIpc) is 3.80. The van der Waals surface area contributed by atoms with Crippen LogP contribution in [0.2, 0.25) is 0 Å². The predicted molar refractivity (Wildman–Crippen MR) is 177 cm³/mol. The summed E-state index contributed by atoms with van der Waals surface area (Å²) in [4.78, 5) is 85.1. The fourth-order valence-corrected chi connectivity index (χ4v) is 6.50. The number of aryl methyl sites for hydroxylation is 2. The average molecular weight is 687 g/mol. The van der Waals surface area contributed by atoms with Gasteiger partial charge < -0.3 is 35.7 Å². The predicted octanol–water partition coefficient (Wildman–Crippen LogP) is 1.24. The zero-order valence-electron chi connectivity index (χ0n) is 27.6. The molecule has 4 aromatic rings. The van der Waals surface area contributed by atoms with E-state index in [-0.39, 0.29) is 56.1 Å². The Balaban J connectivity index is 1.28. The first kappa shape index (κ1) is 34.1. The lowest BCUT2D eigenvalue weighted by Gasteiger charge is -2.29. The molecule has 0 unspecified atom stereocenters. The number of aromatic nitrogens is 3. The Hall–Kier alpha value is -5.80. The molecule has 0 spiro atoms. The van der Waals surface area contributed by atoms with Gasteiger partial charge in [-0.1, -0.05) is 12.1 Å². The maximum absolute atomic E-state index is 14.3. The number of rotatable bonds is 5. The van der Waals surface area contributed by atoms with E-state index in [1.807, 2.05) is 25.1 Å². The summed E-state index contributed by atoms with van der Waals surface area (Å²) < 4.78 is 7.23. The molecular formula is C34H38N8O8. The third-order valence-electron chi connectivity index (χ3n) is 9.15. The number of nitrogens with one attached hydrogen (secondary N) is 4. The van der Waals surface area contributed by atoms with Crippen molar-refractivity contribution in [1.82, 2.24) is 40.8 Å². The number of carbonyl (C=O) groups excluding carboxylic acids is 5. The summed E-state index contributed by atoms with van der Waals surface area (Å²) in [5, 5.41) is 25.7. The van der Waals surface area contributed by atoms with Gasteiger partial charge in [-0.15, -0.1) is 0 Å². The Labute approximate surface area is 286 Å². The highest BCUT2D eigenvalue weighted by Gasteiger charge is 2.44. The summed E-state index contributed by atoms with van der Waals surface area (Å²) in [5.74, 6) is -4.10. The number of imidazole rings is 1. The Morgan fingerprint density at radius 1 is 1.04 bits per heavy atom. The van der Waals surface area contributed by atoms with Gasteiger partial charge in [0, 0.05) is 42.7 Å². The molecule has 0 radical (unpaired) electrons. The molecular weight excluding hydrogens is 648 g/mol. The summed E-state index contributed by atoms with van der Waals surface area (Å²) >= 11 is 0. The third-order valence-corrected chi connectivity index (χ3v) is 9.15. The molecule has 262 valence electrons. The van der Waals surface area contributed by atoms with Gasteiger partial charge in [0.2, 0.25) is 17.7 Å². The van der Waals surface area contributed by atoms with Gasteiger partial charge in [-0.3, -0.25) is 24.0 Å². The number of nitrogens with zero attached hydrogens (tertiary/aromatic N) is 4. The highest BCUT2D eigenvalue weighted by atomic mass is 16.4. The van der Waals surface area contributed by atoms with E-state index in [0.29, 0.717) is 29.6 Å². The number of amides is 5. The van der Waals surface area contributed by atoms with Gasteiger partial charge in [-0.2, -0.15) is 5.10 Å². The van der Waals surface area contributed by atoms with Crippen molar-refractivity contribution >= 4 is 52.1 Å². The largest absolute Gasteiger partial charge is 0.480 e. The van der Waals surface area contributed by atoms with Crippen molar-refractivity contribution in [1.29, 1.82) is 0 Å². The van der Waals surface area contributed by atoms with Gasteiger partial charge in [0.15, 0.2) is 11.4 Å². The van der Waals surface area contributed by atoms with Crippen molar-refractivity contribution in [2.75, 3.05) is 13.1 Å². The first-order chi connectivity index (χ1) is 24.0. The quantitative estimate of drug-likeness (QED) is 0.202. The molecule has 16 nitrogen and oxygen atoms in total. The second-order valence-electron chi connectivity index (χ2n) is 12.7. The smallest absolute Gasteiger partial charge is 0.326 e. The summed E-state index contributed by atoms with van der Waals surface area (Å²) in [6.45, 7) is 3.86. The van der Waals surface area contributed by atoms with Crippen LogP contribution in [-0.2, 0) is 19.2 Å². The molecule has 0 saturated carbocycles. The van der Waals surface area contributed by atoms with E-state index in [1.54, 1.807) is 19.1 Å². The standard InChI is InChI=1S/C34H38N8O8/c1-18-8-9-21-19(2)29(50-26(21)14-18)32(46)38-20-15-24-30(44)40-23(34(48)49)10-11-28(43)35-12-4-3-6-22(33(47)41(24)17-20)39-31(45)25-16-36-27-7-5-13-37-42(25)27/h5,7-9,13-14,16,20,22-24H,3-4,6,10-12,15,17H2,1-2H3,(H,35,43)(H,38,46)(H,39,45)(H,40,44)(H,48,49)/t20-,22+,23+,24+/m1/s1. The molecule has 6 rings (SSSR count). The molecule has 1 aromatic carbocycles. The fourth-order valence-electron chi connectivity index (χ4n) is 6.50. The molecule has 2 fully saturated rings. The lowest BCUT2D eigenvalue weighted by Crippen LogP contribution is -2.55. The number of hydrogen-bond donors (Lipinski definition) is 5. The molecule has 16 heteroatoms. The van der Waals surface area contributed by atoms with Gasteiger partial charge in [0.1, 0.15) is 29.4 Å². The Morgan fingerprint density at radius 3 is 2.66 bits per heavy atom. The monoisotopic (exact) mass is 686 g/mol. The topological polar surface area (TPSA) is 217 Å². The van der Waals surface area contributed by atoms with E-state index in [2.05, 4.69) is 31.3 Å². The lowest BCUT2D eigenvalue weighted by atomic mass is 10.1. The fraction of sp³-hybridized carbons (Fsp3) is 0.412. The van der Waals surface area contributed by atoms with Crippen molar-refractivity contribution < 1.29 is 38.3 Å². The normalized spacial score (nSPS) is 22.3. The number of benzene rings is 1. The first-order valence-corrected chi connectivity index (χ1v) is 16.5. The number of carboxylic acid groups (broad SMARTS) is 1. The third kappa shape index (κ3) is 7.13. The Bertz CT molecular complexity index is 1990. The van der Waals surface area contributed by atoms with Crippen LogP contribution in [-0.4, -0.2) is 97.4 Å². The molecule has 3 aromatic heterocycles. The van der Waals surface area contributed by atoms with E-state index in [0.717, 1.165) is 10.9 Å². The SMILES string of the molecule is Cc1ccc2c(C)c(C(=O)N[C@@H]3C[C@H]4C(=O)N[C@H](C(=O)O)CCC(=O)NCCCC[C@H](NC(=O)c5cnc6cccnn56)C(=O)N4C3)oc2c1. The first-order valence-electron chi connectivity index (χ1n) is 16.5. The minimum Gasteiger partial charge on any atom is -0.480 e. The Kier molecular flexibility index (Phi) is 9.79. The number of hydrogen-bond acceptors (Lipinski definition) is 9. The van der Waals surface area contributed by atoms with Crippen molar-refractivity contribution in [3.8, 4) is 0 Å². The van der Waals surface area contributed by atoms with Crippen LogP contribution in [0, 0.1) is 13.8 Å². The summed E-state index contributed by atoms with van der Waals surface area (Å²) in [7, 11) is 0. The van der Waals surface area contributed by atoms with Gasteiger partial charge in [-0.25, -0.2) is 14.3 Å². The van der Waals surface area contributed by atoms with E-state index in [9.17, 15) is 33.9 Å². The molecule has 5 amide bonds. The van der Waals surface area contributed by atoms with Crippen LogP contribution in [0.5, 0.6) is 0 Å². The van der Waals surface area contributed by atoms with E-state index < -0.39 is 53.8 Å². The molecule has 50 heavy (non-hydrogen) atoms. The zero-order valence-corrected chi connectivity index (χ0v) is 27.6. The van der Waals surface area contributed by atoms with Crippen LogP contribution in [0.25, 0.3) is 16.6 Å². The van der Waals surface area contributed by atoms with Crippen LogP contribution in [0.1, 0.15) is 70.7 Å². The van der Waals surface area contributed by atoms with Crippen LogP contribution in [0.4, 0.5) is 0 Å². The molecule has 5 heterocycles. The maximum Gasteiger partial charge on any atom is 0.326 e. The van der Waals surface area contributed by atoms with E-state index in [4.69, 9.17) is 4.42 Å². The number of fused-ring (bicyclic) bond motifs is 3. The van der Waals surface area contributed by atoms with Crippen LogP contribution < -0.4 is 21.3 Å². The zero-order chi connectivity index (χ0) is 35.5. The summed E-state index contributed by atoms with van der Waals surface area (Å²) in [5.41, 5.74) is 2.67. The molecule has 4 atom stereocenters. The maximum atomic E-state index is 14.3. The minimum atomic E-state index is -1.40. The molecule has 2 aliphatic rings. The van der Waals surface area contributed by atoms with Crippen molar-refractivity contribution in [3.63, 3.8) is 0 Å². The van der Waals surface area contributed by atoms with Crippen molar-refractivity contribution in [2.45, 2.75) is 76.5 Å². The lowest BCUT2D eigenvalue weighted by molar-refractivity contribution is -0.144. The molecule has 2 saturated heterocycles. The molecule has 5 N–H and O–H groups in total. The van der Waals surface area contributed by atoms with Gasteiger partial charge in [0.05, 0.1) is 6.20 Å². The van der Waals surface area contributed by atoms with Crippen LogP contribution in [0.15, 0.2) is 47.1 Å². The van der Waals surface area contributed by atoms with Gasteiger partial charge in [0.25, 0.3) is 11.8 Å². The molecule has 0 aliphatic carbocycles. The van der Waals surface area contributed by atoms with Crippen molar-refractivity contribution in [2.24, 2.45) is 0 Å². The highest BCUT2D eigenvalue weighted by Crippen LogP contribution is 2.27. The number of furan rings is 1. The number of carboxylic acids is 1. The Morgan fingerprint density at radius 2 is 1.86 bits per heavy atom. The van der Waals surface area contributed by atoms with E-state index in [1.165, 1.54) is 21.8 Å². The number of carbonyl (C=O) groups is 6. The molecule has 0 bridgehead atoms. The van der Waals surface area contributed by atoms with Crippen molar-refractivity contribution in [3.05, 3.63) is 65.3 Å². The second kappa shape index (κ2) is 14.4. The van der Waals surface area contributed by atoms with Crippen LogP contribution >= 0.6 is 0 Å².